The molecule has 0 spiro atoms. The first kappa shape index (κ1) is 17.9. The van der Waals surface area contributed by atoms with Gasteiger partial charge in [0.2, 0.25) is 5.91 Å². The number of nitrogens with zero attached hydrogens (tertiary/aromatic N) is 2. The summed E-state index contributed by atoms with van der Waals surface area (Å²) in [5.74, 6) is 0.122. The number of benzene rings is 2. The van der Waals surface area contributed by atoms with Crippen molar-refractivity contribution >= 4 is 33.8 Å². The second-order valence-corrected chi connectivity index (χ2v) is 6.82. The first-order valence-electron chi connectivity index (χ1n) is 8.41. The molecule has 3 aromatic rings. The van der Waals surface area contributed by atoms with Gasteiger partial charge in [-0.2, -0.15) is 0 Å². The fourth-order valence-corrected chi connectivity index (χ4v) is 3.22. The number of aromatic hydroxyl groups is 1. The van der Waals surface area contributed by atoms with Crippen LogP contribution >= 0.6 is 11.3 Å². The third kappa shape index (κ3) is 4.40. The van der Waals surface area contributed by atoms with Crippen molar-refractivity contribution < 1.29 is 9.90 Å². The fraction of sp³-hybridized carbons (Fsp3) is 0.200. The molecule has 0 unspecified atom stereocenters. The monoisotopic (exact) mass is 367 g/mol. The highest BCUT2D eigenvalue weighted by atomic mass is 32.1. The van der Waals surface area contributed by atoms with Crippen LogP contribution in [-0.2, 0) is 17.6 Å². The molecule has 3 rings (SSSR count). The van der Waals surface area contributed by atoms with Crippen molar-refractivity contribution in [1.29, 1.82) is 0 Å². The van der Waals surface area contributed by atoms with Crippen molar-refractivity contribution in [2.75, 3.05) is 17.3 Å². The molecule has 1 amide bonds. The lowest BCUT2D eigenvalue weighted by molar-refractivity contribution is -0.117. The zero-order valence-electron chi connectivity index (χ0n) is 14.8. The van der Waals surface area contributed by atoms with Crippen LogP contribution in [0.4, 0.5) is 16.5 Å². The van der Waals surface area contributed by atoms with Gasteiger partial charge in [-0.1, -0.05) is 19.1 Å². The number of rotatable bonds is 6. The summed E-state index contributed by atoms with van der Waals surface area (Å²) in [6.07, 6.45) is 1.24. The van der Waals surface area contributed by atoms with Crippen molar-refractivity contribution in [1.82, 2.24) is 4.98 Å². The number of aromatic nitrogens is 1. The number of hydrogen-bond acceptors (Lipinski definition) is 5. The Bertz CT molecular complexity index is 873. The predicted molar refractivity (Wildman–Crippen MR) is 106 cm³/mol. The molecule has 2 aromatic carbocycles. The Morgan fingerprint density at radius 1 is 1.15 bits per heavy atom. The summed E-state index contributed by atoms with van der Waals surface area (Å²) in [5, 5.41) is 15.3. The second kappa shape index (κ2) is 8.01. The summed E-state index contributed by atoms with van der Waals surface area (Å²) in [6, 6.07) is 14.8. The van der Waals surface area contributed by atoms with Gasteiger partial charge >= 0.3 is 0 Å². The van der Waals surface area contributed by atoms with Crippen LogP contribution in [0.5, 0.6) is 5.75 Å². The number of anilines is 3. The number of aryl methyl sites for hydroxylation is 1. The molecular weight excluding hydrogens is 346 g/mol. The smallest absolute Gasteiger partial charge is 0.232 e. The summed E-state index contributed by atoms with van der Waals surface area (Å²) in [7, 11) is 1.72. The highest BCUT2D eigenvalue weighted by Gasteiger charge is 2.14. The third-order valence-corrected chi connectivity index (χ3v) is 4.92. The van der Waals surface area contributed by atoms with Gasteiger partial charge in [-0.15, -0.1) is 11.3 Å². The molecular formula is C20H21N3O2S. The first-order valence-corrected chi connectivity index (χ1v) is 9.29. The van der Waals surface area contributed by atoms with Crippen LogP contribution in [0.3, 0.4) is 0 Å². The van der Waals surface area contributed by atoms with Gasteiger partial charge in [0.1, 0.15) is 5.75 Å². The molecule has 1 heterocycles. The van der Waals surface area contributed by atoms with E-state index in [0.717, 1.165) is 28.6 Å². The van der Waals surface area contributed by atoms with E-state index in [1.165, 1.54) is 16.9 Å². The maximum atomic E-state index is 12.4. The van der Waals surface area contributed by atoms with Gasteiger partial charge in [-0.05, 0) is 48.4 Å². The lowest BCUT2D eigenvalue weighted by Crippen LogP contribution is -2.27. The van der Waals surface area contributed by atoms with E-state index < -0.39 is 0 Å². The van der Waals surface area contributed by atoms with Crippen LogP contribution < -0.4 is 10.2 Å². The average Bonchev–Trinajstić information content (AvgIpc) is 3.09. The molecule has 0 radical (unpaired) electrons. The van der Waals surface area contributed by atoms with Gasteiger partial charge in [0, 0.05) is 23.8 Å². The Morgan fingerprint density at radius 2 is 1.85 bits per heavy atom. The summed E-state index contributed by atoms with van der Waals surface area (Å²) >= 11 is 1.48. The molecule has 0 fully saturated rings. The van der Waals surface area contributed by atoms with Crippen molar-refractivity contribution in [2.45, 2.75) is 19.8 Å². The van der Waals surface area contributed by atoms with Crippen molar-refractivity contribution in [2.24, 2.45) is 0 Å². The van der Waals surface area contributed by atoms with E-state index in [-0.39, 0.29) is 18.1 Å². The fourth-order valence-electron chi connectivity index (χ4n) is 2.49. The Balaban J connectivity index is 1.61. The molecule has 5 nitrogen and oxygen atoms in total. The summed E-state index contributed by atoms with van der Waals surface area (Å²) in [5.41, 5.74) is 3.74. The molecule has 0 aliphatic carbocycles. The summed E-state index contributed by atoms with van der Waals surface area (Å²) < 4.78 is 0. The number of hydrogen-bond donors (Lipinski definition) is 2. The highest BCUT2D eigenvalue weighted by molar-refractivity contribution is 7.13. The predicted octanol–water partition coefficient (Wildman–Crippen LogP) is 4.36. The first-order chi connectivity index (χ1) is 12.5. The second-order valence-electron chi connectivity index (χ2n) is 5.97. The molecule has 6 heteroatoms. The molecule has 1 aromatic heterocycles. The molecule has 134 valence electrons. The normalized spacial score (nSPS) is 10.5. The van der Waals surface area contributed by atoms with E-state index in [0.29, 0.717) is 0 Å². The number of carbonyl (C=O) groups excluding carboxylic acids is 1. The molecule has 2 N–H and O–H groups in total. The van der Waals surface area contributed by atoms with Crippen LogP contribution in [0, 0.1) is 0 Å². The minimum atomic E-state index is -0.0557. The number of thiazole rings is 1. The van der Waals surface area contributed by atoms with Crippen LogP contribution in [0.25, 0.3) is 0 Å². The number of carbonyl (C=O) groups is 1. The highest BCUT2D eigenvalue weighted by Crippen LogP contribution is 2.23. The van der Waals surface area contributed by atoms with E-state index in [1.807, 2.05) is 17.5 Å². The van der Waals surface area contributed by atoms with Crippen LogP contribution in [0.2, 0.25) is 0 Å². The number of phenolic OH excluding ortho intramolecular Hbond substituents is 1. The van der Waals surface area contributed by atoms with Crippen LogP contribution in [-0.4, -0.2) is 23.0 Å². The summed E-state index contributed by atoms with van der Waals surface area (Å²) in [4.78, 5) is 18.5. The minimum absolute atomic E-state index is 0.0557. The van der Waals surface area contributed by atoms with Crippen LogP contribution in [0.1, 0.15) is 18.2 Å². The zero-order chi connectivity index (χ0) is 18.5. The molecule has 0 bridgehead atoms. The lowest BCUT2D eigenvalue weighted by atomic mass is 10.1. The largest absolute Gasteiger partial charge is 0.508 e. The van der Waals surface area contributed by atoms with Crippen LogP contribution in [0.15, 0.2) is 53.9 Å². The SMILES string of the molecule is CCc1ccc(Nc2nc(CC(=O)N(C)c3ccc(O)cc3)cs2)cc1. The van der Waals surface area contributed by atoms with Crippen molar-refractivity contribution in [3.8, 4) is 5.75 Å². The molecule has 26 heavy (non-hydrogen) atoms. The molecule has 0 saturated heterocycles. The maximum absolute atomic E-state index is 12.4. The number of phenols is 1. The van der Waals surface area contributed by atoms with E-state index in [1.54, 1.807) is 36.2 Å². The van der Waals surface area contributed by atoms with Gasteiger partial charge in [-0.3, -0.25) is 4.79 Å². The zero-order valence-corrected chi connectivity index (χ0v) is 15.6. The number of amides is 1. The lowest BCUT2D eigenvalue weighted by Gasteiger charge is -2.16. The van der Waals surface area contributed by atoms with Gasteiger partial charge in [0.15, 0.2) is 5.13 Å². The summed E-state index contributed by atoms with van der Waals surface area (Å²) in [6.45, 7) is 2.13. The molecule has 0 saturated carbocycles. The molecule has 0 aliphatic rings. The minimum Gasteiger partial charge on any atom is -0.508 e. The van der Waals surface area contributed by atoms with Gasteiger partial charge < -0.3 is 15.3 Å². The van der Waals surface area contributed by atoms with Gasteiger partial charge in [0.25, 0.3) is 0 Å². The Hall–Kier alpha value is -2.86. The van der Waals surface area contributed by atoms with E-state index >= 15 is 0 Å². The molecule has 0 aliphatic heterocycles. The quantitative estimate of drug-likeness (QED) is 0.679. The topological polar surface area (TPSA) is 65.5 Å². The molecule has 0 atom stereocenters. The Kier molecular flexibility index (Phi) is 5.53. The Labute approximate surface area is 156 Å². The number of likely N-dealkylation sites (N-methyl/N-ethyl adjacent to an activating group) is 1. The Morgan fingerprint density at radius 3 is 2.50 bits per heavy atom. The van der Waals surface area contributed by atoms with Crippen molar-refractivity contribution in [3.05, 3.63) is 65.2 Å². The van der Waals surface area contributed by atoms with Crippen molar-refractivity contribution in [3.63, 3.8) is 0 Å². The third-order valence-electron chi connectivity index (χ3n) is 4.11. The average molecular weight is 367 g/mol. The maximum Gasteiger partial charge on any atom is 0.232 e. The van der Waals surface area contributed by atoms with E-state index in [2.05, 4.69) is 29.4 Å². The van der Waals surface area contributed by atoms with E-state index in [4.69, 9.17) is 0 Å². The number of nitrogens with one attached hydrogen (secondary N) is 1. The van der Waals surface area contributed by atoms with Gasteiger partial charge in [0.05, 0.1) is 12.1 Å². The standard InChI is InChI=1S/C20H21N3O2S/c1-3-14-4-6-15(7-5-14)21-20-22-16(13-26-20)12-19(25)23(2)17-8-10-18(24)11-9-17/h4-11,13,24H,3,12H2,1-2H3,(H,21,22). The van der Waals surface area contributed by atoms with Gasteiger partial charge in [-0.25, -0.2) is 4.98 Å². The van der Waals surface area contributed by atoms with E-state index in [9.17, 15) is 9.90 Å².